The minimum absolute atomic E-state index is 0.113. The van der Waals surface area contributed by atoms with Gasteiger partial charge in [-0.25, -0.2) is 4.79 Å². The van der Waals surface area contributed by atoms with Crippen LogP contribution in [0.15, 0.2) is 36.4 Å². The van der Waals surface area contributed by atoms with Gasteiger partial charge in [-0.1, -0.05) is 30.3 Å². The molecule has 0 spiro atoms. The van der Waals surface area contributed by atoms with E-state index in [1.807, 2.05) is 41.9 Å². The van der Waals surface area contributed by atoms with Crippen LogP contribution < -0.4 is 0 Å². The molecule has 8 heteroatoms. The number of carbonyl (C=O) groups is 3. The summed E-state index contributed by atoms with van der Waals surface area (Å²) in [6.07, 6.45) is 0. The third-order valence-electron chi connectivity index (χ3n) is 5.39. The van der Waals surface area contributed by atoms with Gasteiger partial charge < -0.3 is 9.72 Å². The quantitative estimate of drug-likeness (QED) is 0.328. The number of hydrogen-bond donors (Lipinski definition) is 1. The molecule has 0 saturated heterocycles. The monoisotopic (exact) mass is 449 g/mol. The molecule has 7 nitrogen and oxygen atoms in total. The van der Waals surface area contributed by atoms with E-state index in [2.05, 4.69) is 10.1 Å². The molecule has 0 unspecified atom stereocenters. The van der Waals surface area contributed by atoms with E-state index >= 15 is 0 Å². The maximum atomic E-state index is 12.6. The number of aromatic amines is 1. The predicted octanol–water partition coefficient (Wildman–Crippen LogP) is 4.64. The third-order valence-corrected chi connectivity index (χ3v) is 6.51. The van der Waals surface area contributed by atoms with Crippen LogP contribution in [0, 0.1) is 20.8 Å². The maximum absolute atomic E-state index is 12.6. The molecule has 0 fully saturated rings. The van der Waals surface area contributed by atoms with Crippen molar-refractivity contribution in [3.8, 4) is 0 Å². The molecule has 1 N–H and O–H groups in total. The number of nitrogens with one attached hydrogen (secondary N) is 1. The predicted molar refractivity (Wildman–Crippen MR) is 123 cm³/mol. The van der Waals surface area contributed by atoms with Gasteiger partial charge in [-0.2, -0.15) is 5.10 Å². The topological polar surface area (TPSA) is 94.0 Å². The van der Waals surface area contributed by atoms with Gasteiger partial charge in [0.15, 0.2) is 12.4 Å². The summed E-state index contributed by atoms with van der Waals surface area (Å²) in [7, 11) is 0. The Balaban J connectivity index is 1.50. The van der Waals surface area contributed by atoms with E-state index in [9.17, 15) is 14.4 Å². The van der Waals surface area contributed by atoms with Gasteiger partial charge in [-0.05, 0) is 44.9 Å². The highest BCUT2D eigenvalue weighted by atomic mass is 32.1. The highest BCUT2D eigenvalue weighted by Crippen LogP contribution is 2.29. The van der Waals surface area contributed by atoms with Crippen molar-refractivity contribution in [2.24, 2.45) is 0 Å². The van der Waals surface area contributed by atoms with Crippen molar-refractivity contribution >= 4 is 39.1 Å². The Morgan fingerprint density at radius 3 is 2.50 bits per heavy atom. The number of rotatable bonds is 7. The summed E-state index contributed by atoms with van der Waals surface area (Å²) in [6.45, 7) is 7.01. The Bertz CT molecular complexity index is 1340. The van der Waals surface area contributed by atoms with Crippen LogP contribution >= 0.6 is 11.3 Å². The van der Waals surface area contributed by atoms with Crippen molar-refractivity contribution in [1.82, 2.24) is 14.8 Å². The lowest BCUT2D eigenvalue weighted by molar-refractivity contribution is 0.0478. The molecule has 0 saturated carbocycles. The summed E-state index contributed by atoms with van der Waals surface area (Å²) in [5.74, 6) is -1.05. The van der Waals surface area contributed by atoms with E-state index in [1.165, 1.54) is 18.3 Å². The number of esters is 1. The van der Waals surface area contributed by atoms with E-state index in [4.69, 9.17) is 4.74 Å². The average molecular weight is 450 g/mol. The Labute approximate surface area is 189 Å². The van der Waals surface area contributed by atoms with Gasteiger partial charge in [-0.15, -0.1) is 11.3 Å². The highest BCUT2D eigenvalue weighted by molar-refractivity contribution is 7.20. The van der Waals surface area contributed by atoms with Gasteiger partial charge >= 0.3 is 5.97 Å². The largest absolute Gasteiger partial charge is 0.453 e. The summed E-state index contributed by atoms with van der Waals surface area (Å²) < 4.78 is 7.17. The van der Waals surface area contributed by atoms with E-state index in [0.717, 1.165) is 21.5 Å². The molecule has 1 aromatic carbocycles. The zero-order valence-corrected chi connectivity index (χ0v) is 19.1. The van der Waals surface area contributed by atoms with Gasteiger partial charge in [0.25, 0.3) is 0 Å². The van der Waals surface area contributed by atoms with Crippen LogP contribution in [0.25, 0.3) is 10.2 Å². The first kappa shape index (κ1) is 21.7. The molecule has 0 bridgehead atoms. The minimum atomic E-state index is -0.557. The van der Waals surface area contributed by atoms with Crippen LogP contribution in [0.2, 0.25) is 0 Å². The summed E-state index contributed by atoms with van der Waals surface area (Å²) in [4.78, 5) is 41.2. The Morgan fingerprint density at radius 2 is 1.84 bits per heavy atom. The number of ether oxygens (including phenoxy) is 1. The number of hydrogen-bond acceptors (Lipinski definition) is 6. The molecule has 0 aliphatic heterocycles. The number of thiophene rings is 1. The van der Waals surface area contributed by atoms with E-state index < -0.39 is 12.6 Å². The highest BCUT2D eigenvalue weighted by Gasteiger charge is 2.22. The van der Waals surface area contributed by atoms with Crippen molar-refractivity contribution in [3.63, 3.8) is 0 Å². The Morgan fingerprint density at radius 1 is 1.12 bits per heavy atom. The van der Waals surface area contributed by atoms with Crippen LogP contribution in [0.3, 0.4) is 0 Å². The second-order valence-electron chi connectivity index (χ2n) is 7.74. The number of ketones is 2. The first-order valence-electron chi connectivity index (χ1n) is 10.2. The number of fused-ring (bicyclic) bond motifs is 1. The summed E-state index contributed by atoms with van der Waals surface area (Å²) in [6, 6.07) is 11.7. The lowest BCUT2D eigenvalue weighted by atomic mass is 10.1. The number of aromatic nitrogens is 3. The molecule has 3 aromatic heterocycles. The van der Waals surface area contributed by atoms with E-state index in [0.29, 0.717) is 33.9 Å². The molecular formula is C24H23N3O4S. The van der Waals surface area contributed by atoms with Crippen molar-refractivity contribution in [2.45, 2.75) is 34.2 Å². The van der Waals surface area contributed by atoms with E-state index in [1.54, 1.807) is 19.9 Å². The SMILES string of the molecule is CC(=O)c1c(C)[nH]c(C(=O)COC(=O)c2cc3c(C)nn(Cc4ccccc4)c3s2)c1C. The molecule has 32 heavy (non-hydrogen) atoms. The number of Topliss-reactive ketones (excluding diaryl/α,β-unsaturated/α-hetero) is 2. The fraction of sp³-hybridized carbons (Fsp3) is 0.250. The molecule has 0 amide bonds. The standard InChI is InChI=1S/C24H23N3O4S/c1-13-21(16(4)28)15(3)25-22(13)19(29)12-31-24(30)20-10-18-14(2)26-27(23(18)32-20)11-17-8-6-5-7-9-17/h5-10,25H,11-12H2,1-4H3. The number of carbonyl (C=O) groups excluding carboxylic acids is 3. The molecule has 164 valence electrons. The second kappa shape index (κ2) is 8.55. The van der Waals surface area contributed by atoms with Gasteiger partial charge in [-0.3, -0.25) is 14.3 Å². The first-order chi connectivity index (χ1) is 15.3. The zero-order valence-electron chi connectivity index (χ0n) is 18.3. The zero-order chi connectivity index (χ0) is 23.0. The van der Waals surface area contributed by atoms with Crippen LogP contribution in [-0.2, 0) is 11.3 Å². The lowest BCUT2D eigenvalue weighted by Crippen LogP contribution is -2.15. The van der Waals surface area contributed by atoms with Crippen LogP contribution in [0.1, 0.15) is 60.0 Å². The van der Waals surface area contributed by atoms with Crippen molar-refractivity contribution in [1.29, 1.82) is 0 Å². The number of H-pyrrole nitrogens is 1. The van der Waals surface area contributed by atoms with Crippen molar-refractivity contribution in [2.75, 3.05) is 6.61 Å². The molecular weight excluding hydrogens is 426 g/mol. The number of aryl methyl sites for hydroxylation is 2. The van der Waals surface area contributed by atoms with Crippen molar-refractivity contribution in [3.05, 3.63) is 75.0 Å². The Hall–Kier alpha value is -3.52. The van der Waals surface area contributed by atoms with Crippen LogP contribution in [-0.4, -0.2) is 38.9 Å². The minimum Gasteiger partial charge on any atom is -0.453 e. The smallest absolute Gasteiger partial charge is 0.348 e. The van der Waals surface area contributed by atoms with Gasteiger partial charge in [0, 0.05) is 16.6 Å². The third kappa shape index (κ3) is 4.01. The number of nitrogens with zero attached hydrogens (tertiary/aromatic N) is 2. The number of benzene rings is 1. The fourth-order valence-corrected chi connectivity index (χ4v) is 4.96. The summed E-state index contributed by atoms with van der Waals surface area (Å²) >= 11 is 1.30. The normalized spacial score (nSPS) is 11.1. The van der Waals surface area contributed by atoms with Gasteiger partial charge in [0.05, 0.1) is 17.9 Å². The first-order valence-corrected chi connectivity index (χ1v) is 11.0. The fourth-order valence-electron chi connectivity index (χ4n) is 3.91. The Kier molecular flexibility index (Phi) is 5.80. The molecule has 4 aromatic rings. The summed E-state index contributed by atoms with van der Waals surface area (Å²) in [5.41, 5.74) is 3.95. The maximum Gasteiger partial charge on any atom is 0.348 e. The molecule has 0 aliphatic rings. The lowest BCUT2D eigenvalue weighted by Gasteiger charge is -2.04. The van der Waals surface area contributed by atoms with Gasteiger partial charge in [0.2, 0.25) is 5.78 Å². The summed E-state index contributed by atoms with van der Waals surface area (Å²) in [5, 5.41) is 5.48. The molecule has 3 heterocycles. The van der Waals surface area contributed by atoms with E-state index in [-0.39, 0.29) is 11.6 Å². The molecule has 0 radical (unpaired) electrons. The van der Waals surface area contributed by atoms with Crippen molar-refractivity contribution < 1.29 is 19.1 Å². The molecule has 0 atom stereocenters. The van der Waals surface area contributed by atoms with Gasteiger partial charge in [0.1, 0.15) is 9.71 Å². The average Bonchev–Trinajstić information content (AvgIpc) is 3.40. The van der Waals surface area contributed by atoms with Crippen LogP contribution in [0.4, 0.5) is 0 Å². The second-order valence-corrected chi connectivity index (χ2v) is 8.77. The molecule has 0 aliphatic carbocycles. The van der Waals surface area contributed by atoms with Crippen LogP contribution in [0.5, 0.6) is 0 Å². The molecule has 4 rings (SSSR count).